The van der Waals surface area contributed by atoms with E-state index in [0.29, 0.717) is 6.61 Å². The largest absolute Gasteiger partial charge is 0.492 e. The molecule has 0 spiro atoms. The molecule has 0 radical (unpaired) electrons. The molecule has 0 saturated heterocycles. The molecule has 0 fully saturated rings. The van der Waals surface area contributed by atoms with E-state index >= 15 is 0 Å². The predicted octanol–water partition coefficient (Wildman–Crippen LogP) is 3.30. The molecule has 3 heteroatoms. The smallest absolute Gasteiger partial charge is 0.130 e. The van der Waals surface area contributed by atoms with Crippen LogP contribution in [0.2, 0.25) is 0 Å². The summed E-state index contributed by atoms with van der Waals surface area (Å²) in [5, 5.41) is 4.35. The van der Waals surface area contributed by atoms with Crippen molar-refractivity contribution in [2.24, 2.45) is 0 Å². The number of hydrogen-bond acceptors (Lipinski definition) is 3. The first-order chi connectivity index (χ1) is 9.35. The Hall–Kier alpha value is -1.87. The van der Waals surface area contributed by atoms with Crippen LogP contribution in [0, 0.1) is 0 Å². The van der Waals surface area contributed by atoms with Crippen LogP contribution in [0.5, 0.6) is 5.75 Å². The Morgan fingerprint density at radius 1 is 1.37 bits per heavy atom. The minimum Gasteiger partial charge on any atom is -0.492 e. The van der Waals surface area contributed by atoms with Crippen LogP contribution >= 0.6 is 0 Å². The lowest BCUT2D eigenvalue weighted by Crippen LogP contribution is -2.13. The van der Waals surface area contributed by atoms with Gasteiger partial charge in [-0.05, 0) is 25.1 Å². The Bertz CT molecular complexity index is 551. The Labute approximate surface area is 114 Å². The summed E-state index contributed by atoms with van der Waals surface area (Å²) in [5.74, 6) is 0.903. The Morgan fingerprint density at radius 3 is 3.00 bits per heavy atom. The van der Waals surface area contributed by atoms with Gasteiger partial charge in [-0.25, -0.2) is 0 Å². The van der Waals surface area contributed by atoms with Crippen molar-refractivity contribution in [2.75, 3.05) is 13.2 Å². The first-order valence-corrected chi connectivity index (χ1v) is 6.68. The zero-order valence-corrected chi connectivity index (χ0v) is 11.4. The fraction of sp³-hybridized carbons (Fsp3) is 0.312. The molecule has 0 aliphatic heterocycles. The molecule has 3 nitrogen and oxygen atoms in total. The van der Waals surface area contributed by atoms with Crippen LogP contribution in [0.4, 0.5) is 0 Å². The van der Waals surface area contributed by atoms with Gasteiger partial charge in [0.05, 0.1) is 17.8 Å². The van der Waals surface area contributed by atoms with Crippen molar-refractivity contribution >= 4 is 10.9 Å². The molecule has 2 rings (SSSR count). The van der Waals surface area contributed by atoms with E-state index in [1.54, 1.807) is 0 Å². The van der Waals surface area contributed by atoms with E-state index in [-0.39, 0.29) is 0 Å². The zero-order valence-electron chi connectivity index (χ0n) is 11.4. The number of rotatable bonds is 7. The lowest BCUT2D eigenvalue weighted by Gasteiger charge is -2.11. The van der Waals surface area contributed by atoms with Gasteiger partial charge in [0.25, 0.3) is 0 Å². The molecule has 100 valence electrons. The monoisotopic (exact) mass is 256 g/mol. The summed E-state index contributed by atoms with van der Waals surface area (Å²) in [4.78, 5) is 4.64. The van der Waals surface area contributed by atoms with Crippen molar-refractivity contribution in [3.63, 3.8) is 0 Å². The second kappa shape index (κ2) is 6.90. The van der Waals surface area contributed by atoms with E-state index in [1.807, 2.05) is 36.4 Å². The number of hydrogen-bond donors (Lipinski definition) is 1. The predicted molar refractivity (Wildman–Crippen MR) is 79.4 cm³/mol. The second-order valence-electron chi connectivity index (χ2n) is 4.34. The second-order valence-corrected chi connectivity index (χ2v) is 4.34. The van der Waals surface area contributed by atoms with Gasteiger partial charge in [0.1, 0.15) is 5.75 Å². The normalized spacial score (nSPS) is 10.6. The lowest BCUT2D eigenvalue weighted by molar-refractivity contribution is 0.328. The average molecular weight is 256 g/mol. The van der Waals surface area contributed by atoms with Gasteiger partial charge in [-0.3, -0.25) is 4.98 Å². The molecule has 0 aliphatic carbocycles. The van der Waals surface area contributed by atoms with Gasteiger partial charge in [-0.2, -0.15) is 0 Å². The fourth-order valence-electron chi connectivity index (χ4n) is 1.91. The van der Waals surface area contributed by atoms with Crippen molar-refractivity contribution in [3.8, 4) is 5.75 Å². The van der Waals surface area contributed by atoms with E-state index in [0.717, 1.165) is 41.9 Å². The summed E-state index contributed by atoms with van der Waals surface area (Å²) in [7, 11) is 0. The molecule has 0 bridgehead atoms. The van der Waals surface area contributed by atoms with Crippen LogP contribution in [0.3, 0.4) is 0 Å². The van der Waals surface area contributed by atoms with E-state index in [1.165, 1.54) is 0 Å². The quantitative estimate of drug-likeness (QED) is 0.609. The van der Waals surface area contributed by atoms with E-state index < -0.39 is 0 Å². The number of ether oxygens (including phenoxy) is 1. The summed E-state index contributed by atoms with van der Waals surface area (Å²) in [6.45, 7) is 8.14. The molecular weight excluding hydrogens is 236 g/mol. The molecule has 2 aromatic rings. The highest BCUT2D eigenvalue weighted by Crippen LogP contribution is 2.25. The molecule has 1 N–H and O–H groups in total. The Morgan fingerprint density at radius 2 is 2.21 bits per heavy atom. The molecule has 19 heavy (non-hydrogen) atoms. The maximum absolute atomic E-state index is 5.84. The van der Waals surface area contributed by atoms with Crippen molar-refractivity contribution in [1.82, 2.24) is 10.3 Å². The standard InChI is InChI=1S/C16H20N2O/c1-3-5-10-19-16-11-13(12-17-4-2)18-15-9-7-6-8-14(15)16/h3,6-9,11,17H,1,4-5,10,12H2,2H3. The number of para-hydroxylation sites is 1. The summed E-state index contributed by atoms with van der Waals surface area (Å²) < 4.78 is 5.84. The van der Waals surface area contributed by atoms with Crippen molar-refractivity contribution in [1.29, 1.82) is 0 Å². The van der Waals surface area contributed by atoms with Crippen LogP contribution in [0.1, 0.15) is 19.0 Å². The highest BCUT2D eigenvalue weighted by molar-refractivity contribution is 5.85. The van der Waals surface area contributed by atoms with Gasteiger partial charge in [0, 0.05) is 18.0 Å². The first kappa shape index (κ1) is 13.6. The maximum atomic E-state index is 5.84. The molecular formula is C16H20N2O. The van der Waals surface area contributed by atoms with Crippen LogP contribution in [0.25, 0.3) is 10.9 Å². The Balaban J connectivity index is 2.31. The number of fused-ring (bicyclic) bond motifs is 1. The van der Waals surface area contributed by atoms with Gasteiger partial charge < -0.3 is 10.1 Å². The van der Waals surface area contributed by atoms with E-state index in [2.05, 4.69) is 23.8 Å². The molecule has 0 unspecified atom stereocenters. The SMILES string of the molecule is C=CCCOc1cc(CNCC)nc2ccccc12. The average Bonchev–Trinajstić information content (AvgIpc) is 2.45. The highest BCUT2D eigenvalue weighted by atomic mass is 16.5. The highest BCUT2D eigenvalue weighted by Gasteiger charge is 2.06. The van der Waals surface area contributed by atoms with Crippen molar-refractivity contribution in [2.45, 2.75) is 19.9 Å². The van der Waals surface area contributed by atoms with E-state index in [4.69, 9.17) is 4.74 Å². The number of benzene rings is 1. The van der Waals surface area contributed by atoms with Crippen LogP contribution in [-0.4, -0.2) is 18.1 Å². The molecule has 0 aliphatic rings. The number of nitrogens with one attached hydrogen (secondary N) is 1. The summed E-state index contributed by atoms with van der Waals surface area (Å²) >= 11 is 0. The third kappa shape index (κ3) is 3.55. The van der Waals surface area contributed by atoms with Crippen LogP contribution in [-0.2, 0) is 6.54 Å². The summed E-state index contributed by atoms with van der Waals surface area (Å²) in [6.07, 6.45) is 2.71. The van der Waals surface area contributed by atoms with Crippen LogP contribution in [0.15, 0.2) is 43.0 Å². The van der Waals surface area contributed by atoms with Crippen molar-refractivity contribution in [3.05, 3.63) is 48.7 Å². The van der Waals surface area contributed by atoms with Gasteiger partial charge in [0.2, 0.25) is 0 Å². The summed E-state index contributed by atoms with van der Waals surface area (Å²) in [6, 6.07) is 10.1. The first-order valence-electron chi connectivity index (χ1n) is 6.68. The number of pyridine rings is 1. The number of aromatic nitrogens is 1. The topological polar surface area (TPSA) is 34.1 Å². The van der Waals surface area contributed by atoms with E-state index in [9.17, 15) is 0 Å². The zero-order chi connectivity index (χ0) is 13.5. The molecule has 1 aromatic heterocycles. The van der Waals surface area contributed by atoms with Gasteiger partial charge in [-0.15, -0.1) is 6.58 Å². The molecule has 0 atom stereocenters. The third-order valence-electron chi connectivity index (χ3n) is 2.87. The number of nitrogens with zero attached hydrogens (tertiary/aromatic N) is 1. The maximum Gasteiger partial charge on any atom is 0.130 e. The third-order valence-corrected chi connectivity index (χ3v) is 2.87. The molecule has 1 heterocycles. The lowest BCUT2D eigenvalue weighted by atomic mass is 10.2. The van der Waals surface area contributed by atoms with Gasteiger partial charge in [-0.1, -0.05) is 25.1 Å². The van der Waals surface area contributed by atoms with Crippen LogP contribution < -0.4 is 10.1 Å². The minimum absolute atomic E-state index is 0.651. The van der Waals surface area contributed by atoms with Crippen molar-refractivity contribution < 1.29 is 4.74 Å². The fourth-order valence-corrected chi connectivity index (χ4v) is 1.91. The Kier molecular flexibility index (Phi) is 4.93. The van der Waals surface area contributed by atoms with Gasteiger partial charge >= 0.3 is 0 Å². The van der Waals surface area contributed by atoms with Gasteiger partial charge in [0.15, 0.2) is 0 Å². The minimum atomic E-state index is 0.651. The molecule has 0 amide bonds. The molecule has 0 saturated carbocycles. The summed E-state index contributed by atoms with van der Waals surface area (Å²) in [5.41, 5.74) is 1.99. The molecule has 1 aromatic carbocycles.